The topological polar surface area (TPSA) is 32.3 Å². The van der Waals surface area contributed by atoms with Crippen LogP contribution in [0.5, 0.6) is 0 Å². The molecule has 0 spiro atoms. The molecule has 0 aromatic carbocycles. The zero-order chi connectivity index (χ0) is 12.2. The standard InChI is InChI=1S/C13H20FNO/c1-4-6-11(14)9-10(2)13(3,16)12-7-5-8-15-12/h4,6,9,12,15-16H,2,5,7-8H2,1,3H3/b6-4-,11-9+/t12-,13+/m0/s1. The van der Waals surface area contributed by atoms with Crippen molar-refractivity contribution >= 4 is 0 Å². The third kappa shape index (κ3) is 3.03. The van der Waals surface area contributed by atoms with Crippen LogP contribution < -0.4 is 5.32 Å². The van der Waals surface area contributed by atoms with Gasteiger partial charge in [0, 0.05) is 6.04 Å². The molecule has 0 aromatic heterocycles. The average molecular weight is 225 g/mol. The first-order valence-electron chi connectivity index (χ1n) is 5.63. The fourth-order valence-corrected chi connectivity index (χ4v) is 1.91. The molecule has 2 atom stereocenters. The predicted octanol–water partition coefficient (Wildman–Crippen LogP) is 2.48. The van der Waals surface area contributed by atoms with Gasteiger partial charge in [-0.1, -0.05) is 12.7 Å². The molecule has 0 unspecified atom stereocenters. The first-order chi connectivity index (χ1) is 7.48. The van der Waals surface area contributed by atoms with Gasteiger partial charge in [-0.25, -0.2) is 4.39 Å². The third-order valence-corrected chi connectivity index (χ3v) is 3.03. The van der Waals surface area contributed by atoms with Crippen LogP contribution in [0.4, 0.5) is 4.39 Å². The summed E-state index contributed by atoms with van der Waals surface area (Å²) in [6.07, 6.45) is 6.19. The molecular formula is C13H20FNO. The van der Waals surface area contributed by atoms with Crippen molar-refractivity contribution < 1.29 is 9.50 Å². The molecule has 0 saturated carbocycles. The van der Waals surface area contributed by atoms with E-state index in [1.54, 1.807) is 19.9 Å². The quantitative estimate of drug-likeness (QED) is 0.720. The van der Waals surface area contributed by atoms with E-state index >= 15 is 0 Å². The number of rotatable bonds is 4. The second-order valence-electron chi connectivity index (χ2n) is 4.35. The lowest BCUT2D eigenvalue weighted by atomic mass is 9.87. The highest BCUT2D eigenvalue weighted by Crippen LogP contribution is 2.27. The van der Waals surface area contributed by atoms with Crippen LogP contribution in [0.15, 0.2) is 36.2 Å². The summed E-state index contributed by atoms with van der Waals surface area (Å²) in [7, 11) is 0. The fraction of sp³-hybridized carbons (Fsp3) is 0.538. The van der Waals surface area contributed by atoms with Crippen molar-refractivity contribution in [2.75, 3.05) is 6.54 Å². The molecule has 1 saturated heterocycles. The molecule has 0 radical (unpaired) electrons. The Morgan fingerprint density at radius 3 is 2.81 bits per heavy atom. The van der Waals surface area contributed by atoms with Crippen LogP contribution in [0.2, 0.25) is 0 Å². The van der Waals surface area contributed by atoms with Crippen LogP contribution in [0.3, 0.4) is 0 Å². The van der Waals surface area contributed by atoms with Crippen LogP contribution in [0, 0.1) is 0 Å². The van der Waals surface area contributed by atoms with Gasteiger partial charge in [0.05, 0.1) is 0 Å². The number of aliphatic hydroxyl groups is 1. The van der Waals surface area contributed by atoms with Crippen molar-refractivity contribution in [3.63, 3.8) is 0 Å². The zero-order valence-corrected chi connectivity index (χ0v) is 9.96. The van der Waals surface area contributed by atoms with Gasteiger partial charge < -0.3 is 10.4 Å². The molecule has 16 heavy (non-hydrogen) atoms. The number of hydrogen-bond donors (Lipinski definition) is 2. The lowest BCUT2D eigenvalue weighted by Gasteiger charge is -2.31. The predicted molar refractivity (Wildman–Crippen MR) is 64.8 cm³/mol. The summed E-state index contributed by atoms with van der Waals surface area (Å²) in [6.45, 7) is 8.07. The monoisotopic (exact) mass is 225 g/mol. The van der Waals surface area contributed by atoms with Gasteiger partial charge in [-0.15, -0.1) is 0 Å². The van der Waals surface area contributed by atoms with Gasteiger partial charge in [0.1, 0.15) is 11.4 Å². The Morgan fingerprint density at radius 2 is 2.31 bits per heavy atom. The SMILES string of the molecule is C=C(/C=C(F)\C=C/C)[C@@](C)(O)[C@@H]1CCCN1. The van der Waals surface area contributed by atoms with Crippen LogP contribution in [0.1, 0.15) is 26.7 Å². The highest BCUT2D eigenvalue weighted by molar-refractivity contribution is 5.32. The Kier molecular flexibility index (Phi) is 4.44. The van der Waals surface area contributed by atoms with Crippen LogP contribution >= 0.6 is 0 Å². The number of hydrogen-bond acceptors (Lipinski definition) is 2. The van der Waals surface area contributed by atoms with E-state index in [1.807, 2.05) is 0 Å². The molecule has 90 valence electrons. The summed E-state index contributed by atoms with van der Waals surface area (Å²) in [5.41, 5.74) is -0.683. The van der Waals surface area contributed by atoms with Gasteiger partial charge in [-0.05, 0) is 51.0 Å². The minimum absolute atomic E-state index is 0.0327. The van der Waals surface area contributed by atoms with E-state index in [-0.39, 0.29) is 11.9 Å². The summed E-state index contributed by atoms with van der Waals surface area (Å²) in [5.74, 6) is -0.384. The van der Waals surface area contributed by atoms with Crippen molar-refractivity contribution in [3.8, 4) is 0 Å². The van der Waals surface area contributed by atoms with E-state index in [1.165, 1.54) is 12.2 Å². The van der Waals surface area contributed by atoms with E-state index in [0.29, 0.717) is 5.57 Å². The van der Waals surface area contributed by atoms with Crippen molar-refractivity contribution in [1.82, 2.24) is 5.32 Å². The zero-order valence-electron chi connectivity index (χ0n) is 9.96. The van der Waals surface area contributed by atoms with Crippen molar-refractivity contribution in [2.24, 2.45) is 0 Å². The van der Waals surface area contributed by atoms with Crippen LogP contribution in [-0.4, -0.2) is 23.3 Å². The van der Waals surface area contributed by atoms with E-state index in [2.05, 4.69) is 11.9 Å². The molecule has 1 aliphatic heterocycles. The lowest BCUT2D eigenvalue weighted by Crippen LogP contribution is -2.46. The number of halogens is 1. The van der Waals surface area contributed by atoms with Crippen LogP contribution in [0.25, 0.3) is 0 Å². The molecule has 0 bridgehead atoms. The van der Waals surface area contributed by atoms with Gasteiger partial charge in [0.15, 0.2) is 0 Å². The van der Waals surface area contributed by atoms with E-state index < -0.39 is 5.60 Å². The summed E-state index contributed by atoms with van der Waals surface area (Å²) >= 11 is 0. The molecule has 3 heteroatoms. The Morgan fingerprint density at radius 1 is 1.62 bits per heavy atom. The molecule has 2 N–H and O–H groups in total. The molecular weight excluding hydrogens is 205 g/mol. The normalized spacial score (nSPS) is 26.0. The Hall–Kier alpha value is -0.930. The third-order valence-electron chi connectivity index (χ3n) is 3.03. The fourth-order valence-electron chi connectivity index (χ4n) is 1.91. The maximum absolute atomic E-state index is 13.3. The Balaban J connectivity index is 2.75. The second kappa shape index (κ2) is 5.41. The molecule has 0 amide bonds. The molecule has 1 aliphatic rings. The first-order valence-corrected chi connectivity index (χ1v) is 5.63. The number of nitrogens with one attached hydrogen (secondary N) is 1. The molecule has 2 nitrogen and oxygen atoms in total. The van der Waals surface area contributed by atoms with Gasteiger partial charge in [0.25, 0.3) is 0 Å². The van der Waals surface area contributed by atoms with Crippen molar-refractivity contribution in [2.45, 2.75) is 38.3 Å². The molecule has 1 fully saturated rings. The highest BCUT2D eigenvalue weighted by atomic mass is 19.1. The molecule has 1 heterocycles. The summed E-state index contributed by atoms with van der Waals surface area (Å²) in [4.78, 5) is 0. The maximum atomic E-state index is 13.3. The van der Waals surface area contributed by atoms with Gasteiger partial charge in [-0.3, -0.25) is 0 Å². The smallest absolute Gasteiger partial charge is 0.123 e. The molecule has 0 aromatic rings. The van der Waals surface area contributed by atoms with Crippen LogP contribution in [-0.2, 0) is 0 Å². The Bertz CT molecular complexity index is 312. The lowest BCUT2D eigenvalue weighted by molar-refractivity contribution is 0.0660. The van der Waals surface area contributed by atoms with E-state index in [9.17, 15) is 9.50 Å². The first kappa shape index (κ1) is 13.1. The summed E-state index contributed by atoms with van der Waals surface area (Å²) in [6, 6.07) is -0.0327. The van der Waals surface area contributed by atoms with E-state index in [0.717, 1.165) is 19.4 Å². The molecule has 1 rings (SSSR count). The minimum atomic E-state index is -1.09. The minimum Gasteiger partial charge on any atom is -0.384 e. The van der Waals surface area contributed by atoms with Gasteiger partial charge in [0.2, 0.25) is 0 Å². The summed E-state index contributed by atoms with van der Waals surface area (Å²) < 4.78 is 13.3. The molecule has 0 aliphatic carbocycles. The van der Waals surface area contributed by atoms with E-state index in [4.69, 9.17) is 0 Å². The largest absolute Gasteiger partial charge is 0.384 e. The van der Waals surface area contributed by atoms with Gasteiger partial charge in [-0.2, -0.15) is 0 Å². The van der Waals surface area contributed by atoms with Crippen molar-refractivity contribution in [1.29, 1.82) is 0 Å². The number of allylic oxidation sites excluding steroid dienone is 3. The second-order valence-corrected chi connectivity index (χ2v) is 4.35. The summed E-state index contributed by atoms with van der Waals surface area (Å²) in [5, 5.41) is 13.5. The van der Waals surface area contributed by atoms with Crippen molar-refractivity contribution in [3.05, 3.63) is 36.2 Å². The van der Waals surface area contributed by atoms with Gasteiger partial charge >= 0.3 is 0 Å². The maximum Gasteiger partial charge on any atom is 0.123 e. The average Bonchev–Trinajstić information content (AvgIpc) is 2.70. The Labute approximate surface area is 96.6 Å². The highest BCUT2D eigenvalue weighted by Gasteiger charge is 2.35.